The second kappa shape index (κ2) is 12.1. The maximum Gasteiger partial charge on any atom is 0.416 e. The molecule has 1 aliphatic rings. The van der Waals surface area contributed by atoms with Crippen LogP contribution in [0.4, 0.5) is 28.0 Å². The highest BCUT2D eigenvalue weighted by Gasteiger charge is 2.30. The minimum atomic E-state index is -4.39. The molecule has 2 N–H and O–H groups in total. The molecule has 1 unspecified atom stereocenters. The van der Waals surface area contributed by atoms with Crippen molar-refractivity contribution in [3.05, 3.63) is 95.8 Å². The van der Waals surface area contributed by atoms with Crippen molar-refractivity contribution in [2.75, 3.05) is 25.0 Å². The highest BCUT2D eigenvalue weighted by molar-refractivity contribution is 5.89. The molecular weight excluding hydrogens is 486 g/mol. The lowest BCUT2D eigenvalue weighted by Gasteiger charge is -2.33. The summed E-state index contributed by atoms with van der Waals surface area (Å²) in [6.07, 6.45) is -2.47. The van der Waals surface area contributed by atoms with Crippen molar-refractivity contribution in [1.29, 1.82) is 0 Å². The summed E-state index contributed by atoms with van der Waals surface area (Å²) in [5.41, 5.74) is 0.770. The molecule has 0 spiro atoms. The third kappa shape index (κ3) is 7.95. The first-order valence-electron chi connectivity index (χ1n) is 12.2. The first kappa shape index (κ1) is 26.5. The number of piperidine rings is 1. The summed E-state index contributed by atoms with van der Waals surface area (Å²) in [6.45, 7) is 2.33. The van der Waals surface area contributed by atoms with Crippen LogP contribution >= 0.6 is 0 Å². The van der Waals surface area contributed by atoms with Crippen LogP contribution in [-0.4, -0.2) is 36.6 Å². The molecule has 1 heterocycles. The molecule has 3 aromatic rings. The third-order valence-corrected chi connectivity index (χ3v) is 6.36. The van der Waals surface area contributed by atoms with Gasteiger partial charge in [-0.15, -0.1) is 0 Å². The van der Waals surface area contributed by atoms with E-state index in [0.717, 1.165) is 50.2 Å². The van der Waals surface area contributed by atoms with Crippen LogP contribution in [0.15, 0.2) is 78.9 Å². The first-order valence-corrected chi connectivity index (χ1v) is 12.2. The van der Waals surface area contributed by atoms with E-state index in [4.69, 9.17) is 4.74 Å². The van der Waals surface area contributed by atoms with E-state index in [1.165, 1.54) is 36.4 Å². The van der Waals surface area contributed by atoms with Gasteiger partial charge in [0.15, 0.2) is 0 Å². The van der Waals surface area contributed by atoms with Crippen molar-refractivity contribution in [3.8, 4) is 5.75 Å². The van der Waals surface area contributed by atoms with E-state index in [1.54, 1.807) is 0 Å². The van der Waals surface area contributed by atoms with Crippen LogP contribution in [0.2, 0.25) is 0 Å². The zero-order valence-corrected chi connectivity index (χ0v) is 20.2. The van der Waals surface area contributed by atoms with Crippen LogP contribution in [-0.2, 0) is 6.18 Å². The Morgan fingerprint density at radius 1 is 0.946 bits per heavy atom. The zero-order chi connectivity index (χ0) is 26.3. The Kier molecular flexibility index (Phi) is 8.66. The summed E-state index contributed by atoms with van der Waals surface area (Å²) in [5.74, 6) is 0.0227. The number of ether oxygens (including phenoxy) is 1. The summed E-state index contributed by atoms with van der Waals surface area (Å²) in [6, 6.07) is 19.7. The van der Waals surface area contributed by atoms with Gasteiger partial charge in [-0.05, 0) is 66.9 Å². The SMILES string of the molecule is O=C(Nc1ccc(F)cc1)NC1CCN(CCC(Oc2ccc(C(F)(F)F)cc2)c2ccccc2)CC1. The number of likely N-dealkylation sites (tertiary alicyclic amines) is 1. The fourth-order valence-electron chi connectivity index (χ4n) is 4.33. The molecule has 5 nitrogen and oxygen atoms in total. The highest BCUT2D eigenvalue weighted by Crippen LogP contribution is 2.32. The number of halogens is 4. The summed E-state index contributed by atoms with van der Waals surface area (Å²) in [5, 5.41) is 5.68. The molecule has 0 radical (unpaired) electrons. The highest BCUT2D eigenvalue weighted by atomic mass is 19.4. The summed E-state index contributed by atoms with van der Waals surface area (Å²) in [7, 11) is 0. The first-order chi connectivity index (χ1) is 17.8. The number of nitrogens with zero attached hydrogens (tertiary/aromatic N) is 1. The molecule has 1 atom stereocenters. The smallest absolute Gasteiger partial charge is 0.416 e. The number of rotatable bonds is 8. The van der Waals surface area contributed by atoms with Crippen molar-refractivity contribution in [1.82, 2.24) is 10.2 Å². The average Bonchev–Trinajstić information content (AvgIpc) is 2.89. The van der Waals surface area contributed by atoms with Crippen molar-refractivity contribution >= 4 is 11.7 Å². The van der Waals surface area contributed by atoms with Crippen LogP contribution < -0.4 is 15.4 Å². The number of hydrogen-bond acceptors (Lipinski definition) is 3. The number of alkyl halides is 3. The van der Waals surface area contributed by atoms with Gasteiger partial charge in [-0.3, -0.25) is 0 Å². The van der Waals surface area contributed by atoms with Gasteiger partial charge in [0.05, 0.1) is 5.56 Å². The van der Waals surface area contributed by atoms with Gasteiger partial charge in [0.25, 0.3) is 0 Å². The zero-order valence-electron chi connectivity index (χ0n) is 20.2. The van der Waals surface area contributed by atoms with Crippen molar-refractivity contribution in [3.63, 3.8) is 0 Å². The van der Waals surface area contributed by atoms with Crippen LogP contribution in [0.25, 0.3) is 0 Å². The molecule has 0 aromatic heterocycles. The Balaban J connectivity index is 1.27. The van der Waals surface area contributed by atoms with Gasteiger partial charge in [-0.2, -0.15) is 13.2 Å². The number of anilines is 1. The van der Waals surface area contributed by atoms with Gasteiger partial charge in [0.1, 0.15) is 17.7 Å². The topological polar surface area (TPSA) is 53.6 Å². The Hall–Kier alpha value is -3.59. The molecule has 2 amide bonds. The molecule has 1 saturated heterocycles. The predicted octanol–water partition coefficient (Wildman–Crippen LogP) is 6.64. The Labute approximate surface area is 213 Å². The molecular formula is C28H29F4N3O2. The van der Waals surface area contributed by atoms with E-state index < -0.39 is 11.7 Å². The molecule has 0 aliphatic carbocycles. The molecule has 1 aliphatic heterocycles. The molecule has 37 heavy (non-hydrogen) atoms. The number of carbonyl (C=O) groups is 1. The quantitative estimate of drug-likeness (QED) is 0.331. The molecule has 3 aromatic carbocycles. The molecule has 1 fully saturated rings. The molecule has 196 valence electrons. The largest absolute Gasteiger partial charge is 0.486 e. The summed E-state index contributed by atoms with van der Waals surface area (Å²) in [4.78, 5) is 14.6. The second-order valence-electron chi connectivity index (χ2n) is 9.05. The van der Waals surface area contributed by atoms with Crippen molar-refractivity contribution in [2.45, 2.75) is 37.6 Å². The average molecular weight is 516 g/mol. The van der Waals surface area contributed by atoms with Gasteiger partial charge < -0.3 is 20.3 Å². The fourth-order valence-corrected chi connectivity index (χ4v) is 4.33. The summed E-state index contributed by atoms with van der Waals surface area (Å²) < 4.78 is 57.8. The third-order valence-electron chi connectivity index (χ3n) is 6.36. The fraction of sp³-hybridized carbons (Fsp3) is 0.321. The van der Waals surface area contributed by atoms with Gasteiger partial charge in [0.2, 0.25) is 0 Å². The van der Waals surface area contributed by atoms with Gasteiger partial charge in [-0.25, -0.2) is 9.18 Å². The van der Waals surface area contributed by atoms with Crippen molar-refractivity contribution in [2.24, 2.45) is 0 Å². The maximum atomic E-state index is 13.0. The van der Waals surface area contributed by atoms with E-state index in [2.05, 4.69) is 15.5 Å². The Bertz CT molecular complexity index is 1130. The Morgan fingerprint density at radius 3 is 2.22 bits per heavy atom. The second-order valence-corrected chi connectivity index (χ2v) is 9.05. The predicted molar refractivity (Wildman–Crippen MR) is 134 cm³/mol. The molecule has 0 bridgehead atoms. The number of amides is 2. The minimum absolute atomic E-state index is 0.0324. The maximum absolute atomic E-state index is 13.0. The summed E-state index contributed by atoms with van der Waals surface area (Å²) >= 11 is 0. The number of carbonyl (C=O) groups excluding carboxylic acids is 1. The lowest BCUT2D eigenvalue weighted by Crippen LogP contribution is -2.46. The van der Waals surface area contributed by atoms with Crippen molar-refractivity contribution < 1.29 is 27.1 Å². The minimum Gasteiger partial charge on any atom is -0.486 e. The van der Waals surface area contributed by atoms with Crippen LogP contribution in [0, 0.1) is 5.82 Å². The lowest BCUT2D eigenvalue weighted by atomic mass is 10.0. The van der Waals surface area contributed by atoms with Crippen LogP contribution in [0.1, 0.15) is 36.5 Å². The number of hydrogen-bond donors (Lipinski definition) is 2. The van der Waals surface area contributed by atoms with Crippen LogP contribution in [0.5, 0.6) is 5.75 Å². The number of nitrogens with one attached hydrogen (secondary N) is 2. The van der Waals surface area contributed by atoms with Gasteiger partial charge in [-0.1, -0.05) is 30.3 Å². The normalized spacial score (nSPS) is 15.7. The van der Waals surface area contributed by atoms with Gasteiger partial charge >= 0.3 is 12.2 Å². The van der Waals surface area contributed by atoms with E-state index in [0.29, 0.717) is 17.9 Å². The molecule has 0 saturated carbocycles. The van der Waals surface area contributed by atoms with E-state index in [1.807, 2.05) is 30.3 Å². The number of benzene rings is 3. The molecule has 9 heteroatoms. The van der Waals surface area contributed by atoms with E-state index in [-0.39, 0.29) is 24.0 Å². The van der Waals surface area contributed by atoms with E-state index in [9.17, 15) is 22.4 Å². The van der Waals surface area contributed by atoms with Crippen LogP contribution in [0.3, 0.4) is 0 Å². The molecule has 4 rings (SSSR count). The van der Waals surface area contributed by atoms with E-state index >= 15 is 0 Å². The Morgan fingerprint density at radius 2 is 1.59 bits per heavy atom. The number of urea groups is 1. The monoisotopic (exact) mass is 515 g/mol. The lowest BCUT2D eigenvalue weighted by molar-refractivity contribution is -0.137. The standard InChI is InChI=1S/C28H29F4N3O2/c29-22-8-10-23(11-9-22)33-27(36)34-24-14-17-35(18-15-24)19-16-26(20-4-2-1-3-5-20)37-25-12-6-21(7-13-25)28(30,31)32/h1-13,24,26H,14-19H2,(H2,33,34,36). The van der Waals surface area contributed by atoms with Gasteiger partial charge in [0, 0.05) is 37.8 Å².